The van der Waals surface area contributed by atoms with Crippen LogP contribution in [0.1, 0.15) is 12.1 Å². The molecule has 5 heteroatoms. The molecule has 5 nitrogen and oxygen atoms in total. The zero-order chi connectivity index (χ0) is 16.9. The summed E-state index contributed by atoms with van der Waals surface area (Å²) < 4.78 is 3.75. The lowest BCUT2D eigenvalue weighted by Crippen LogP contribution is -2.30. The van der Waals surface area contributed by atoms with Gasteiger partial charge in [0, 0.05) is 49.5 Å². The van der Waals surface area contributed by atoms with Crippen molar-refractivity contribution >= 4 is 16.8 Å². The lowest BCUT2D eigenvalue weighted by Gasteiger charge is -2.10. The van der Waals surface area contributed by atoms with Crippen molar-refractivity contribution < 1.29 is 4.79 Å². The van der Waals surface area contributed by atoms with E-state index >= 15 is 0 Å². The summed E-state index contributed by atoms with van der Waals surface area (Å²) in [5.41, 5.74) is 1.97. The van der Waals surface area contributed by atoms with Crippen LogP contribution in [0.2, 0.25) is 0 Å². The number of carbonyl (C=O) groups excluding carboxylic acids is 1. The number of aryl methyl sites for hydroxylation is 1. The topological polar surface area (TPSA) is 56.0 Å². The highest BCUT2D eigenvalue weighted by Gasteiger charge is 2.05. The molecule has 1 amide bonds. The van der Waals surface area contributed by atoms with E-state index in [-0.39, 0.29) is 11.5 Å². The molecule has 0 aliphatic heterocycles. The van der Waals surface area contributed by atoms with Crippen LogP contribution in [0.15, 0.2) is 59.5 Å². The van der Waals surface area contributed by atoms with Crippen molar-refractivity contribution in [3.63, 3.8) is 0 Å². The fraction of sp³-hybridized carbons (Fsp3) is 0.263. The van der Waals surface area contributed by atoms with Crippen LogP contribution in [0.25, 0.3) is 10.9 Å². The van der Waals surface area contributed by atoms with Gasteiger partial charge in [0.15, 0.2) is 0 Å². The number of pyridine rings is 1. The molecule has 0 aliphatic carbocycles. The Kier molecular flexibility index (Phi) is 4.79. The van der Waals surface area contributed by atoms with Gasteiger partial charge in [-0.2, -0.15) is 0 Å². The van der Waals surface area contributed by atoms with E-state index in [1.807, 2.05) is 31.3 Å². The molecule has 0 spiro atoms. The number of carbonyl (C=O) groups is 1. The van der Waals surface area contributed by atoms with Crippen LogP contribution in [0, 0.1) is 6.92 Å². The second-order valence-corrected chi connectivity index (χ2v) is 5.82. The van der Waals surface area contributed by atoms with Crippen molar-refractivity contribution in [2.24, 2.45) is 0 Å². The minimum atomic E-state index is -0.0680. The maximum absolute atomic E-state index is 12.0. The molecule has 0 radical (unpaired) electrons. The van der Waals surface area contributed by atoms with Crippen LogP contribution in [0.3, 0.4) is 0 Å². The summed E-state index contributed by atoms with van der Waals surface area (Å²) in [4.78, 5) is 23.8. The van der Waals surface area contributed by atoms with Gasteiger partial charge in [0.05, 0.1) is 0 Å². The van der Waals surface area contributed by atoms with Gasteiger partial charge in [-0.3, -0.25) is 9.59 Å². The first-order chi connectivity index (χ1) is 11.6. The molecule has 0 saturated heterocycles. The van der Waals surface area contributed by atoms with Gasteiger partial charge in [0.1, 0.15) is 0 Å². The minimum Gasteiger partial charge on any atom is -0.354 e. The Morgan fingerprint density at radius 2 is 1.88 bits per heavy atom. The Morgan fingerprint density at radius 1 is 1.04 bits per heavy atom. The van der Waals surface area contributed by atoms with Crippen LogP contribution in [-0.4, -0.2) is 21.6 Å². The first kappa shape index (κ1) is 16.1. The smallest absolute Gasteiger partial charge is 0.250 e. The van der Waals surface area contributed by atoms with Gasteiger partial charge >= 0.3 is 0 Å². The van der Waals surface area contributed by atoms with E-state index in [0.717, 1.165) is 12.2 Å². The summed E-state index contributed by atoms with van der Waals surface area (Å²) in [5.74, 6) is -0.0402. The Morgan fingerprint density at radius 3 is 2.71 bits per heavy atom. The molecule has 0 fully saturated rings. The Hall–Kier alpha value is -2.82. The van der Waals surface area contributed by atoms with Crippen molar-refractivity contribution in [1.29, 1.82) is 0 Å². The van der Waals surface area contributed by atoms with Gasteiger partial charge in [0.25, 0.3) is 5.56 Å². The maximum atomic E-state index is 12.0. The summed E-state index contributed by atoms with van der Waals surface area (Å²) in [7, 11) is 0. The summed E-state index contributed by atoms with van der Waals surface area (Å²) in [6, 6.07) is 15.4. The highest BCUT2D eigenvalue weighted by molar-refractivity contribution is 5.80. The van der Waals surface area contributed by atoms with Crippen molar-refractivity contribution in [3.05, 3.63) is 70.8 Å². The Bertz CT molecular complexity index is 908. The predicted molar refractivity (Wildman–Crippen MR) is 95.0 cm³/mol. The van der Waals surface area contributed by atoms with Gasteiger partial charge in [-0.1, -0.05) is 24.3 Å². The van der Waals surface area contributed by atoms with Crippen molar-refractivity contribution in [2.45, 2.75) is 26.4 Å². The molecule has 3 aromatic rings. The molecule has 0 unspecified atom stereocenters. The van der Waals surface area contributed by atoms with E-state index in [1.54, 1.807) is 10.6 Å². The third kappa shape index (κ3) is 3.56. The van der Waals surface area contributed by atoms with E-state index in [0.29, 0.717) is 19.5 Å². The minimum absolute atomic E-state index is 0.0402. The van der Waals surface area contributed by atoms with Gasteiger partial charge in [-0.15, -0.1) is 0 Å². The van der Waals surface area contributed by atoms with Gasteiger partial charge in [0.2, 0.25) is 5.91 Å². The number of nitrogens with zero attached hydrogens (tertiary/aromatic N) is 2. The third-order valence-corrected chi connectivity index (χ3v) is 4.19. The first-order valence-corrected chi connectivity index (χ1v) is 8.12. The molecule has 1 aromatic carbocycles. The van der Waals surface area contributed by atoms with Crippen molar-refractivity contribution in [1.82, 2.24) is 14.5 Å². The molecule has 0 atom stereocenters. The number of nitrogens with one attached hydrogen (secondary N) is 1. The van der Waals surface area contributed by atoms with Crippen LogP contribution in [-0.2, 0) is 17.9 Å². The van der Waals surface area contributed by atoms with E-state index in [4.69, 9.17) is 0 Å². The highest BCUT2D eigenvalue weighted by Crippen LogP contribution is 2.14. The second-order valence-electron chi connectivity index (χ2n) is 5.82. The quantitative estimate of drug-likeness (QED) is 0.757. The number of hydrogen-bond donors (Lipinski definition) is 1. The van der Waals surface area contributed by atoms with Crippen LogP contribution < -0.4 is 10.9 Å². The number of rotatable bonds is 6. The standard InChI is InChI=1S/C19H21N3O2/c1-15-5-4-8-19(24)22(15)13-10-18(23)20-11-14-21-12-9-16-6-2-3-7-17(16)21/h2-9,12H,10-11,13-14H2,1H3,(H,20,23). The molecule has 124 valence electrons. The van der Waals surface area contributed by atoms with Crippen molar-refractivity contribution in [2.75, 3.05) is 6.54 Å². The van der Waals surface area contributed by atoms with Crippen molar-refractivity contribution in [3.8, 4) is 0 Å². The molecule has 3 rings (SSSR count). The average molecular weight is 323 g/mol. The Balaban J connectivity index is 1.50. The predicted octanol–water partition coefficient (Wildman–Crippen LogP) is 2.32. The Labute approximate surface area is 140 Å². The van der Waals surface area contributed by atoms with E-state index in [2.05, 4.69) is 28.1 Å². The molecule has 0 bridgehead atoms. The third-order valence-electron chi connectivity index (χ3n) is 4.19. The zero-order valence-electron chi connectivity index (χ0n) is 13.7. The average Bonchev–Trinajstić information content (AvgIpc) is 2.98. The van der Waals surface area contributed by atoms with E-state index in [1.165, 1.54) is 17.0 Å². The molecule has 0 saturated carbocycles. The number of para-hydroxylation sites is 1. The zero-order valence-corrected chi connectivity index (χ0v) is 13.7. The lowest BCUT2D eigenvalue weighted by atomic mass is 10.2. The largest absolute Gasteiger partial charge is 0.354 e. The highest BCUT2D eigenvalue weighted by atomic mass is 16.1. The van der Waals surface area contributed by atoms with Crippen LogP contribution in [0.5, 0.6) is 0 Å². The summed E-state index contributed by atoms with van der Waals surface area (Å²) >= 11 is 0. The number of hydrogen-bond acceptors (Lipinski definition) is 2. The lowest BCUT2D eigenvalue weighted by molar-refractivity contribution is -0.121. The van der Waals surface area contributed by atoms with E-state index < -0.39 is 0 Å². The number of amides is 1. The van der Waals surface area contributed by atoms with E-state index in [9.17, 15) is 9.59 Å². The number of benzene rings is 1. The monoisotopic (exact) mass is 323 g/mol. The normalized spacial score (nSPS) is 10.9. The fourth-order valence-electron chi connectivity index (χ4n) is 2.86. The SMILES string of the molecule is Cc1cccc(=O)n1CCC(=O)NCCn1ccc2ccccc21. The molecule has 2 aromatic heterocycles. The summed E-state index contributed by atoms with van der Waals surface area (Å²) in [6.45, 7) is 3.57. The van der Waals surface area contributed by atoms with Crippen LogP contribution >= 0.6 is 0 Å². The first-order valence-electron chi connectivity index (χ1n) is 8.12. The molecule has 1 N–H and O–H groups in total. The number of fused-ring (bicyclic) bond motifs is 1. The summed E-state index contributed by atoms with van der Waals surface area (Å²) in [5, 5.41) is 4.12. The van der Waals surface area contributed by atoms with Gasteiger partial charge in [-0.05, 0) is 30.5 Å². The molecule has 24 heavy (non-hydrogen) atoms. The van der Waals surface area contributed by atoms with Crippen LogP contribution in [0.4, 0.5) is 0 Å². The molecular formula is C19H21N3O2. The van der Waals surface area contributed by atoms with Gasteiger partial charge in [-0.25, -0.2) is 0 Å². The molecule has 2 heterocycles. The van der Waals surface area contributed by atoms with Gasteiger partial charge < -0.3 is 14.5 Å². The fourth-order valence-corrected chi connectivity index (χ4v) is 2.86. The second kappa shape index (κ2) is 7.17. The molecular weight excluding hydrogens is 302 g/mol. The molecule has 0 aliphatic rings. The summed E-state index contributed by atoms with van der Waals surface area (Å²) in [6.07, 6.45) is 2.33. The number of aromatic nitrogens is 2. The maximum Gasteiger partial charge on any atom is 0.250 e.